The molecule has 1 amide bonds. The Bertz CT molecular complexity index is 883. The molecule has 1 aromatic heterocycles. The Labute approximate surface area is 161 Å². The number of nitrogens with zero attached hydrogens (tertiary/aromatic N) is 1. The van der Waals surface area contributed by atoms with Crippen molar-refractivity contribution in [3.63, 3.8) is 0 Å². The van der Waals surface area contributed by atoms with E-state index in [-0.39, 0.29) is 36.0 Å². The number of carbonyl (C=O) groups excluding carboxylic acids is 1. The zero-order valence-corrected chi connectivity index (χ0v) is 15.5. The van der Waals surface area contributed by atoms with Gasteiger partial charge in [0.05, 0.1) is 23.2 Å². The van der Waals surface area contributed by atoms with Gasteiger partial charge < -0.3 is 14.8 Å². The third kappa shape index (κ3) is 4.37. The number of benzene rings is 1. The van der Waals surface area contributed by atoms with Crippen LogP contribution >= 0.6 is 0 Å². The summed E-state index contributed by atoms with van der Waals surface area (Å²) in [5, 5.41) is 12.3. The van der Waals surface area contributed by atoms with Gasteiger partial charge in [0, 0.05) is 18.9 Å². The number of carboxylic acids is 1. The average Bonchev–Trinajstić information content (AvgIpc) is 3.08. The van der Waals surface area contributed by atoms with E-state index in [4.69, 9.17) is 4.42 Å². The van der Waals surface area contributed by atoms with E-state index in [0.29, 0.717) is 12.8 Å². The standard InChI is InChI=1S/C20H22F2N2O4/c1-20(9-3-2-4-14(20)19(26)27)24-17(25)7-8-18-23-11-16(28-18)13-6-5-12(21)10-15(13)22/h5-6,10-11,14H,2-4,7-9H2,1H3,(H,24,25)(H,26,27). The normalized spacial score (nSPS) is 22.0. The summed E-state index contributed by atoms with van der Waals surface area (Å²) in [5.41, 5.74) is -0.691. The average molecular weight is 392 g/mol. The molecule has 1 fully saturated rings. The van der Waals surface area contributed by atoms with Crippen molar-refractivity contribution >= 4 is 11.9 Å². The quantitative estimate of drug-likeness (QED) is 0.782. The van der Waals surface area contributed by atoms with Crippen molar-refractivity contribution in [2.75, 3.05) is 0 Å². The lowest BCUT2D eigenvalue weighted by Gasteiger charge is -2.39. The van der Waals surface area contributed by atoms with E-state index in [2.05, 4.69) is 10.3 Å². The first-order valence-corrected chi connectivity index (χ1v) is 9.22. The summed E-state index contributed by atoms with van der Waals surface area (Å²) < 4.78 is 32.3. The maximum absolute atomic E-state index is 13.8. The fourth-order valence-electron chi connectivity index (χ4n) is 3.72. The van der Waals surface area contributed by atoms with E-state index < -0.39 is 29.1 Å². The third-order valence-electron chi connectivity index (χ3n) is 5.25. The highest BCUT2D eigenvalue weighted by Crippen LogP contribution is 2.34. The highest BCUT2D eigenvalue weighted by molar-refractivity contribution is 5.79. The molecule has 6 nitrogen and oxygen atoms in total. The number of carbonyl (C=O) groups is 2. The first kappa shape index (κ1) is 20.0. The van der Waals surface area contributed by atoms with Crippen LogP contribution in [0.5, 0.6) is 0 Å². The molecule has 1 saturated carbocycles. The van der Waals surface area contributed by atoms with Crippen LogP contribution in [0.2, 0.25) is 0 Å². The second-order valence-electron chi connectivity index (χ2n) is 7.34. The minimum absolute atomic E-state index is 0.0633. The summed E-state index contributed by atoms with van der Waals surface area (Å²) in [7, 11) is 0. The zero-order chi connectivity index (χ0) is 20.3. The van der Waals surface area contributed by atoms with Crippen LogP contribution < -0.4 is 5.32 Å². The van der Waals surface area contributed by atoms with Crippen molar-refractivity contribution in [1.29, 1.82) is 0 Å². The molecule has 1 aliphatic rings. The van der Waals surface area contributed by atoms with E-state index in [1.54, 1.807) is 6.92 Å². The van der Waals surface area contributed by atoms with E-state index in [0.717, 1.165) is 25.0 Å². The summed E-state index contributed by atoms with van der Waals surface area (Å²) in [6, 6.07) is 3.14. The van der Waals surface area contributed by atoms with E-state index in [1.165, 1.54) is 12.3 Å². The first-order valence-electron chi connectivity index (χ1n) is 9.22. The van der Waals surface area contributed by atoms with Gasteiger partial charge in [-0.3, -0.25) is 9.59 Å². The van der Waals surface area contributed by atoms with Crippen molar-refractivity contribution in [3.8, 4) is 11.3 Å². The molecule has 150 valence electrons. The Balaban J connectivity index is 1.61. The molecule has 2 N–H and O–H groups in total. The number of halogens is 2. The van der Waals surface area contributed by atoms with Crippen LogP contribution in [-0.4, -0.2) is 27.5 Å². The van der Waals surface area contributed by atoms with Gasteiger partial charge in [-0.25, -0.2) is 13.8 Å². The lowest BCUT2D eigenvalue weighted by Crippen LogP contribution is -2.55. The SMILES string of the molecule is CC1(NC(=O)CCc2ncc(-c3ccc(F)cc3F)o2)CCCCC1C(=O)O. The highest BCUT2D eigenvalue weighted by atomic mass is 19.1. The molecule has 0 aliphatic heterocycles. The molecule has 0 bridgehead atoms. The van der Waals surface area contributed by atoms with Crippen molar-refractivity contribution in [3.05, 3.63) is 41.9 Å². The van der Waals surface area contributed by atoms with Gasteiger partial charge in [0.2, 0.25) is 5.91 Å². The molecule has 2 aromatic rings. The number of carboxylic acid groups (broad SMARTS) is 1. The molecule has 2 atom stereocenters. The maximum atomic E-state index is 13.8. The second-order valence-corrected chi connectivity index (χ2v) is 7.34. The Kier molecular flexibility index (Phi) is 5.76. The van der Waals surface area contributed by atoms with Gasteiger partial charge in [0.25, 0.3) is 0 Å². The van der Waals surface area contributed by atoms with E-state index in [1.807, 2.05) is 0 Å². The van der Waals surface area contributed by atoms with Gasteiger partial charge >= 0.3 is 5.97 Å². The van der Waals surface area contributed by atoms with Crippen molar-refractivity contribution in [1.82, 2.24) is 10.3 Å². The molecule has 0 saturated heterocycles. The van der Waals surface area contributed by atoms with Crippen LogP contribution in [0.3, 0.4) is 0 Å². The number of hydrogen-bond acceptors (Lipinski definition) is 4. The number of nitrogens with one attached hydrogen (secondary N) is 1. The predicted octanol–water partition coefficient (Wildman–Crippen LogP) is 3.70. The van der Waals surface area contributed by atoms with Gasteiger partial charge in [0.15, 0.2) is 11.7 Å². The molecule has 0 spiro atoms. The second kappa shape index (κ2) is 8.08. The van der Waals surface area contributed by atoms with Crippen molar-refractivity contribution in [2.24, 2.45) is 5.92 Å². The lowest BCUT2D eigenvalue weighted by molar-refractivity contribution is -0.146. The summed E-state index contributed by atoms with van der Waals surface area (Å²) in [4.78, 5) is 27.9. The van der Waals surface area contributed by atoms with Gasteiger partial charge in [-0.05, 0) is 31.9 Å². The highest BCUT2D eigenvalue weighted by Gasteiger charge is 2.42. The van der Waals surface area contributed by atoms with Crippen molar-refractivity contribution in [2.45, 2.75) is 51.0 Å². The number of amides is 1. The molecular formula is C20H22F2N2O4. The summed E-state index contributed by atoms with van der Waals surface area (Å²) in [6.45, 7) is 1.77. The molecule has 0 radical (unpaired) electrons. The molecule has 8 heteroatoms. The van der Waals surface area contributed by atoms with E-state index in [9.17, 15) is 23.5 Å². The fourth-order valence-corrected chi connectivity index (χ4v) is 3.72. The van der Waals surface area contributed by atoms with Crippen LogP contribution in [0.15, 0.2) is 28.8 Å². The number of rotatable bonds is 6. The van der Waals surface area contributed by atoms with Crippen LogP contribution in [0.4, 0.5) is 8.78 Å². The molecule has 2 unspecified atom stereocenters. The van der Waals surface area contributed by atoms with Crippen LogP contribution in [-0.2, 0) is 16.0 Å². The largest absolute Gasteiger partial charge is 0.481 e. The summed E-state index contributed by atoms with van der Waals surface area (Å²) in [6.07, 6.45) is 4.43. The summed E-state index contributed by atoms with van der Waals surface area (Å²) in [5.74, 6) is -2.85. The van der Waals surface area contributed by atoms with E-state index >= 15 is 0 Å². The van der Waals surface area contributed by atoms with Gasteiger partial charge in [-0.15, -0.1) is 0 Å². The molecular weight excluding hydrogens is 370 g/mol. The number of aryl methyl sites for hydroxylation is 1. The zero-order valence-electron chi connectivity index (χ0n) is 15.5. The van der Waals surface area contributed by atoms with Gasteiger partial charge in [0.1, 0.15) is 11.6 Å². The Hall–Kier alpha value is -2.77. The number of aliphatic carboxylic acids is 1. The molecule has 1 heterocycles. The number of hydrogen-bond donors (Lipinski definition) is 2. The number of aromatic nitrogens is 1. The molecule has 28 heavy (non-hydrogen) atoms. The van der Waals surface area contributed by atoms with Gasteiger partial charge in [-0.1, -0.05) is 12.8 Å². The molecule has 3 rings (SSSR count). The van der Waals surface area contributed by atoms with Crippen LogP contribution in [0.25, 0.3) is 11.3 Å². The van der Waals surface area contributed by atoms with Crippen LogP contribution in [0, 0.1) is 17.6 Å². The third-order valence-corrected chi connectivity index (χ3v) is 5.25. The fraction of sp³-hybridized carbons (Fsp3) is 0.450. The van der Waals surface area contributed by atoms with Crippen LogP contribution in [0.1, 0.15) is 44.9 Å². The Morgan fingerprint density at radius 3 is 2.86 bits per heavy atom. The topological polar surface area (TPSA) is 92.4 Å². The number of oxazole rings is 1. The minimum atomic E-state index is -0.902. The smallest absolute Gasteiger partial charge is 0.308 e. The predicted molar refractivity (Wildman–Crippen MR) is 96.3 cm³/mol. The maximum Gasteiger partial charge on any atom is 0.308 e. The van der Waals surface area contributed by atoms with Gasteiger partial charge in [-0.2, -0.15) is 0 Å². The lowest BCUT2D eigenvalue weighted by atomic mass is 9.74. The minimum Gasteiger partial charge on any atom is -0.481 e. The Morgan fingerprint density at radius 2 is 2.14 bits per heavy atom. The van der Waals surface area contributed by atoms with Crippen molar-refractivity contribution < 1.29 is 27.9 Å². The first-order chi connectivity index (χ1) is 13.3. The monoisotopic (exact) mass is 392 g/mol. The molecule has 1 aromatic carbocycles. The summed E-state index contributed by atoms with van der Waals surface area (Å²) >= 11 is 0. The Morgan fingerprint density at radius 1 is 1.36 bits per heavy atom. The molecule has 1 aliphatic carbocycles.